The summed E-state index contributed by atoms with van der Waals surface area (Å²) in [7, 11) is 0. The van der Waals surface area contributed by atoms with Crippen LogP contribution < -0.4 is 5.32 Å². The molecule has 22 heavy (non-hydrogen) atoms. The van der Waals surface area contributed by atoms with E-state index in [0.29, 0.717) is 5.92 Å². The van der Waals surface area contributed by atoms with Gasteiger partial charge in [-0.2, -0.15) is 5.10 Å². The maximum atomic E-state index is 5.29. The topological polar surface area (TPSA) is 75.7 Å². The van der Waals surface area contributed by atoms with E-state index in [1.807, 2.05) is 19.1 Å². The molecule has 3 aromatic rings. The number of anilines is 2. The molecule has 1 aliphatic rings. The van der Waals surface area contributed by atoms with Gasteiger partial charge in [0.15, 0.2) is 5.82 Å². The fraction of sp³-hybridized carbons (Fsp3) is 0.312. The van der Waals surface area contributed by atoms with Gasteiger partial charge in [-0.1, -0.05) is 0 Å². The SMILES string of the molecule is Cc1ccc(Nc2cc3nc[nH]c3cc2CC2COC2)nn1. The summed E-state index contributed by atoms with van der Waals surface area (Å²) in [5.74, 6) is 1.33. The van der Waals surface area contributed by atoms with Crippen molar-refractivity contribution in [3.05, 3.63) is 41.9 Å². The number of imidazole rings is 1. The van der Waals surface area contributed by atoms with E-state index in [1.54, 1.807) is 6.33 Å². The van der Waals surface area contributed by atoms with Crippen molar-refractivity contribution in [2.75, 3.05) is 18.5 Å². The molecule has 1 aliphatic heterocycles. The summed E-state index contributed by atoms with van der Waals surface area (Å²) >= 11 is 0. The highest BCUT2D eigenvalue weighted by Crippen LogP contribution is 2.28. The summed E-state index contributed by atoms with van der Waals surface area (Å²) in [6.07, 6.45) is 2.70. The predicted octanol–water partition coefficient (Wildman–Crippen LogP) is 2.59. The second-order valence-electron chi connectivity index (χ2n) is 5.72. The fourth-order valence-corrected chi connectivity index (χ4v) is 2.63. The van der Waals surface area contributed by atoms with Crippen molar-refractivity contribution in [2.45, 2.75) is 13.3 Å². The van der Waals surface area contributed by atoms with Gasteiger partial charge in [-0.15, -0.1) is 5.10 Å². The van der Waals surface area contributed by atoms with Crippen LogP contribution in [-0.2, 0) is 11.2 Å². The van der Waals surface area contributed by atoms with E-state index in [4.69, 9.17) is 4.74 Å². The van der Waals surface area contributed by atoms with Gasteiger partial charge >= 0.3 is 0 Å². The second-order valence-corrected chi connectivity index (χ2v) is 5.72. The first-order chi connectivity index (χ1) is 10.8. The number of hydrogen-bond donors (Lipinski definition) is 2. The molecule has 0 unspecified atom stereocenters. The molecule has 112 valence electrons. The molecule has 0 saturated carbocycles. The average Bonchev–Trinajstić information content (AvgIpc) is 2.92. The Labute approximate surface area is 127 Å². The predicted molar refractivity (Wildman–Crippen MR) is 84.2 cm³/mol. The molecule has 2 aromatic heterocycles. The number of H-pyrrole nitrogens is 1. The number of hydrogen-bond acceptors (Lipinski definition) is 5. The lowest BCUT2D eigenvalue weighted by atomic mass is 9.96. The highest BCUT2D eigenvalue weighted by molar-refractivity contribution is 5.82. The minimum Gasteiger partial charge on any atom is -0.381 e. The molecule has 1 fully saturated rings. The third kappa shape index (κ3) is 2.53. The van der Waals surface area contributed by atoms with E-state index in [0.717, 1.165) is 47.9 Å². The van der Waals surface area contributed by atoms with Gasteiger partial charge in [0.25, 0.3) is 0 Å². The Kier molecular flexibility index (Phi) is 3.23. The van der Waals surface area contributed by atoms with Gasteiger partial charge in [-0.25, -0.2) is 4.98 Å². The molecule has 0 atom stereocenters. The van der Waals surface area contributed by atoms with Gasteiger partial charge in [-0.05, 0) is 43.2 Å². The molecule has 4 rings (SSSR count). The lowest BCUT2D eigenvalue weighted by molar-refractivity contribution is -0.0311. The molecule has 2 N–H and O–H groups in total. The highest BCUT2D eigenvalue weighted by Gasteiger charge is 2.21. The Bertz CT molecular complexity index is 792. The first-order valence-corrected chi connectivity index (χ1v) is 7.39. The minimum atomic E-state index is 0.588. The van der Waals surface area contributed by atoms with E-state index < -0.39 is 0 Å². The van der Waals surface area contributed by atoms with Crippen molar-refractivity contribution in [3.63, 3.8) is 0 Å². The number of aromatic amines is 1. The molecule has 6 heteroatoms. The second kappa shape index (κ2) is 5.38. The third-order valence-electron chi connectivity index (χ3n) is 3.92. The number of ether oxygens (including phenoxy) is 1. The van der Waals surface area contributed by atoms with E-state index in [9.17, 15) is 0 Å². The first-order valence-electron chi connectivity index (χ1n) is 7.39. The van der Waals surface area contributed by atoms with Crippen LogP contribution in [0.5, 0.6) is 0 Å². The zero-order valence-electron chi connectivity index (χ0n) is 12.3. The summed E-state index contributed by atoms with van der Waals surface area (Å²) in [5.41, 5.74) is 5.17. The Hall–Kier alpha value is -2.47. The van der Waals surface area contributed by atoms with Gasteiger partial charge in [0.1, 0.15) is 0 Å². The molecule has 6 nitrogen and oxygen atoms in total. The number of nitrogens with one attached hydrogen (secondary N) is 2. The number of nitrogens with zero attached hydrogens (tertiary/aromatic N) is 3. The van der Waals surface area contributed by atoms with E-state index in [1.165, 1.54) is 5.56 Å². The maximum Gasteiger partial charge on any atom is 0.153 e. The van der Waals surface area contributed by atoms with Crippen molar-refractivity contribution in [2.24, 2.45) is 5.92 Å². The van der Waals surface area contributed by atoms with Crippen LogP contribution in [0.25, 0.3) is 11.0 Å². The molecule has 1 aromatic carbocycles. The van der Waals surface area contributed by atoms with Crippen LogP contribution in [0.3, 0.4) is 0 Å². The Morgan fingerprint density at radius 1 is 1.27 bits per heavy atom. The Morgan fingerprint density at radius 2 is 2.18 bits per heavy atom. The lowest BCUT2D eigenvalue weighted by Gasteiger charge is -2.26. The molecule has 0 bridgehead atoms. The number of benzene rings is 1. The van der Waals surface area contributed by atoms with Gasteiger partial charge in [0.2, 0.25) is 0 Å². The number of aromatic nitrogens is 4. The average molecular weight is 295 g/mol. The maximum absolute atomic E-state index is 5.29. The lowest BCUT2D eigenvalue weighted by Crippen LogP contribution is -2.29. The first kappa shape index (κ1) is 13.2. The monoisotopic (exact) mass is 295 g/mol. The van der Waals surface area contributed by atoms with E-state index in [-0.39, 0.29) is 0 Å². The van der Waals surface area contributed by atoms with E-state index in [2.05, 4.69) is 37.6 Å². The van der Waals surface area contributed by atoms with Crippen LogP contribution in [0.4, 0.5) is 11.5 Å². The van der Waals surface area contributed by atoms with Gasteiger partial charge < -0.3 is 15.0 Å². The molecule has 0 spiro atoms. The van der Waals surface area contributed by atoms with Crippen LogP contribution in [0.2, 0.25) is 0 Å². The van der Waals surface area contributed by atoms with Gasteiger partial charge in [-0.3, -0.25) is 0 Å². The molecule has 1 saturated heterocycles. The third-order valence-corrected chi connectivity index (χ3v) is 3.92. The smallest absolute Gasteiger partial charge is 0.153 e. The summed E-state index contributed by atoms with van der Waals surface area (Å²) in [5, 5.41) is 11.6. The molecule has 0 radical (unpaired) electrons. The zero-order chi connectivity index (χ0) is 14.9. The van der Waals surface area contributed by atoms with Crippen LogP contribution in [0, 0.1) is 12.8 Å². The number of fused-ring (bicyclic) bond motifs is 1. The Balaban J connectivity index is 1.69. The largest absolute Gasteiger partial charge is 0.381 e. The molecular weight excluding hydrogens is 278 g/mol. The minimum absolute atomic E-state index is 0.588. The van der Waals surface area contributed by atoms with Crippen molar-refractivity contribution < 1.29 is 4.74 Å². The summed E-state index contributed by atoms with van der Waals surface area (Å²) < 4.78 is 5.29. The quantitative estimate of drug-likeness (QED) is 0.773. The summed E-state index contributed by atoms with van der Waals surface area (Å²) in [6, 6.07) is 8.10. The normalized spacial score (nSPS) is 15.0. The summed E-state index contributed by atoms with van der Waals surface area (Å²) in [6.45, 7) is 3.60. The molecule has 3 heterocycles. The van der Waals surface area contributed by atoms with E-state index >= 15 is 0 Å². The van der Waals surface area contributed by atoms with Crippen molar-refractivity contribution in [3.8, 4) is 0 Å². The highest BCUT2D eigenvalue weighted by atomic mass is 16.5. The van der Waals surface area contributed by atoms with Crippen LogP contribution in [0.1, 0.15) is 11.3 Å². The van der Waals surface area contributed by atoms with Gasteiger partial charge in [0, 0.05) is 11.6 Å². The zero-order valence-corrected chi connectivity index (χ0v) is 12.3. The molecule has 0 amide bonds. The van der Waals surface area contributed by atoms with Crippen molar-refractivity contribution in [1.29, 1.82) is 0 Å². The Morgan fingerprint density at radius 3 is 2.91 bits per heavy atom. The van der Waals surface area contributed by atoms with Crippen LogP contribution in [-0.4, -0.2) is 33.4 Å². The number of rotatable bonds is 4. The van der Waals surface area contributed by atoms with Crippen LogP contribution >= 0.6 is 0 Å². The number of aryl methyl sites for hydroxylation is 1. The van der Waals surface area contributed by atoms with Crippen molar-refractivity contribution >= 4 is 22.5 Å². The van der Waals surface area contributed by atoms with Gasteiger partial charge in [0.05, 0.1) is 36.3 Å². The molecular formula is C16H17N5O. The van der Waals surface area contributed by atoms with Crippen LogP contribution in [0.15, 0.2) is 30.6 Å². The standard InChI is InChI=1S/C16H17N5O/c1-10-2-3-16(21-20-10)19-13-6-15-14(17-9-18-15)5-12(13)4-11-7-22-8-11/h2-3,5-6,9,11H,4,7-8H2,1H3,(H,17,18)(H,19,21). The van der Waals surface area contributed by atoms with Crippen molar-refractivity contribution in [1.82, 2.24) is 20.2 Å². The fourth-order valence-electron chi connectivity index (χ4n) is 2.63. The molecule has 0 aliphatic carbocycles. The summed E-state index contributed by atoms with van der Waals surface area (Å²) in [4.78, 5) is 7.50.